The summed E-state index contributed by atoms with van der Waals surface area (Å²) in [7, 11) is 0. The highest BCUT2D eigenvalue weighted by Crippen LogP contribution is 2.31. The van der Waals surface area contributed by atoms with Crippen LogP contribution in [0.1, 0.15) is 38.7 Å². The van der Waals surface area contributed by atoms with Crippen LogP contribution in [-0.2, 0) is 6.42 Å². The van der Waals surface area contributed by atoms with Crippen molar-refractivity contribution in [2.45, 2.75) is 51.6 Å². The molecule has 1 aliphatic rings. The minimum Gasteiger partial charge on any atom is -0.369 e. The highest BCUT2D eigenvalue weighted by atomic mass is 35.5. The smallest absolute Gasteiger partial charge is 0.0426 e. The zero-order chi connectivity index (χ0) is 13.1. The van der Waals surface area contributed by atoms with E-state index in [-0.39, 0.29) is 6.04 Å². The Bertz CT molecular complexity index is 403. The van der Waals surface area contributed by atoms with Crippen LogP contribution < -0.4 is 10.6 Å². The van der Waals surface area contributed by atoms with E-state index in [0.717, 1.165) is 18.0 Å². The van der Waals surface area contributed by atoms with E-state index >= 15 is 0 Å². The van der Waals surface area contributed by atoms with Gasteiger partial charge in [-0.1, -0.05) is 17.7 Å². The molecule has 18 heavy (non-hydrogen) atoms. The first-order valence-corrected chi connectivity index (χ1v) is 7.26. The fraction of sp³-hybridized carbons (Fsp3) is 0.600. The van der Waals surface area contributed by atoms with Gasteiger partial charge in [0.05, 0.1) is 0 Å². The minimum absolute atomic E-state index is 0.185. The molecule has 0 aliphatic carbocycles. The van der Waals surface area contributed by atoms with Gasteiger partial charge in [-0.3, -0.25) is 0 Å². The lowest BCUT2D eigenvalue weighted by Gasteiger charge is -2.37. The maximum Gasteiger partial charge on any atom is 0.0426 e. The van der Waals surface area contributed by atoms with Crippen LogP contribution in [0.2, 0.25) is 5.02 Å². The van der Waals surface area contributed by atoms with E-state index < -0.39 is 0 Å². The Hall–Kier alpha value is -0.730. The molecule has 3 heteroatoms. The summed E-state index contributed by atoms with van der Waals surface area (Å²) in [6.45, 7) is 5.49. The van der Waals surface area contributed by atoms with Crippen molar-refractivity contribution in [3.63, 3.8) is 0 Å². The van der Waals surface area contributed by atoms with E-state index in [0.29, 0.717) is 6.04 Å². The maximum absolute atomic E-state index is 6.16. The number of anilines is 1. The third kappa shape index (κ3) is 3.18. The molecular formula is C15H23ClN2. The standard InChI is InChI=1S/C15H23ClN2/c1-11(17)9-13-6-7-14(16)10-15(13)18-8-4-3-5-12(18)2/h6-7,10-12H,3-5,8-9,17H2,1-2H3. The fourth-order valence-corrected chi connectivity index (χ4v) is 2.95. The van der Waals surface area contributed by atoms with E-state index in [9.17, 15) is 0 Å². The lowest BCUT2D eigenvalue weighted by atomic mass is 9.99. The van der Waals surface area contributed by atoms with E-state index in [1.165, 1.54) is 30.5 Å². The monoisotopic (exact) mass is 266 g/mol. The van der Waals surface area contributed by atoms with Gasteiger partial charge in [0, 0.05) is 29.3 Å². The molecule has 2 nitrogen and oxygen atoms in total. The van der Waals surface area contributed by atoms with Gasteiger partial charge < -0.3 is 10.6 Å². The summed E-state index contributed by atoms with van der Waals surface area (Å²) < 4.78 is 0. The summed E-state index contributed by atoms with van der Waals surface area (Å²) in [4.78, 5) is 2.49. The van der Waals surface area contributed by atoms with Crippen molar-refractivity contribution in [1.82, 2.24) is 0 Å². The molecule has 0 spiro atoms. The number of hydrogen-bond acceptors (Lipinski definition) is 2. The molecule has 1 aliphatic heterocycles. The molecule has 1 aromatic rings. The van der Waals surface area contributed by atoms with Crippen molar-refractivity contribution in [2.75, 3.05) is 11.4 Å². The van der Waals surface area contributed by atoms with E-state index in [4.69, 9.17) is 17.3 Å². The Labute approximate surface area is 115 Å². The lowest BCUT2D eigenvalue weighted by Crippen LogP contribution is -2.38. The molecule has 2 rings (SSSR count). The predicted molar refractivity (Wildman–Crippen MR) is 79.5 cm³/mol. The first kappa shape index (κ1) is 13.7. The molecule has 2 unspecified atom stereocenters. The van der Waals surface area contributed by atoms with Crippen molar-refractivity contribution in [3.8, 4) is 0 Å². The summed E-state index contributed by atoms with van der Waals surface area (Å²) in [6, 6.07) is 6.98. The second-order valence-electron chi connectivity index (χ2n) is 5.49. The quantitative estimate of drug-likeness (QED) is 0.906. The second kappa shape index (κ2) is 5.94. The molecule has 0 saturated carbocycles. The third-order valence-electron chi connectivity index (χ3n) is 3.70. The number of nitrogens with zero attached hydrogens (tertiary/aromatic N) is 1. The van der Waals surface area contributed by atoms with Crippen LogP contribution in [0.25, 0.3) is 0 Å². The van der Waals surface area contributed by atoms with Gasteiger partial charge in [-0.05, 0) is 57.2 Å². The molecule has 1 aromatic carbocycles. The van der Waals surface area contributed by atoms with Crippen molar-refractivity contribution in [1.29, 1.82) is 0 Å². The van der Waals surface area contributed by atoms with Crippen LogP contribution in [0.4, 0.5) is 5.69 Å². The minimum atomic E-state index is 0.185. The zero-order valence-electron chi connectivity index (χ0n) is 11.3. The normalized spacial score (nSPS) is 22.0. The molecule has 2 N–H and O–H groups in total. The van der Waals surface area contributed by atoms with Crippen molar-refractivity contribution >= 4 is 17.3 Å². The molecular weight excluding hydrogens is 244 g/mol. The van der Waals surface area contributed by atoms with E-state index in [1.807, 2.05) is 6.07 Å². The highest BCUT2D eigenvalue weighted by molar-refractivity contribution is 6.30. The van der Waals surface area contributed by atoms with Crippen LogP contribution in [0.5, 0.6) is 0 Å². The van der Waals surface area contributed by atoms with Crippen LogP contribution >= 0.6 is 11.6 Å². The van der Waals surface area contributed by atoms with Crippen LogP contribution in [0.3, 0.4) is 0 Å². The fourth-order valence-electron chi connectivity index (χ4n) is 2.78. The van der Waals surface area contributed by atoms with Gasteiger partial charge >= 0.3 is 0 Å². The average Bonchev–Trinajstić information content (AvgIpc) is 2.32. The molecule has 1 fully saturated rings. The lowest BCUT2D eigenvalue weighted by molar-refractivity contribution is 0.483. The molecule has 2 atom stereocenters. The van der Waals surface area contributed by atoms with Gasteiger partial charge in [0.2, 0.25) is 0 Å². The summed E-state index contributed by atoms with van der Waals surface area (Å²) in [6.07, 6.45) is 4.79. The van der Waals surface area contributed by atoms with Crippen molar-refractivity contribution in [2.24, 2.45) is 5.73 Å². The Morgan fingerprint density at radius 1 is 1.44 bits per heavy atom. The summed E-state index contributed by atoms with van der Waals surface area (Å²) in [5.74, 6) is 0. The topological polar surface area (TPSA) is 29.3 Å². The summed E-state index contributed by atoms with van der Waals surface area (Å²) in [5, 5.41) is 0.816. The number of rotatable bonds is 3. The van der Waals surface area contributed by atoms with Crippen LogP contribution in [-0.4, -0.2) is 18.6 Å². The number of piperidine rings is 1. The molecule has 1 saturated heterocycles. The zero-order valence-corrected chi connectivity index (χ0v) is 12.1. The van der Waals surface area contributed by atoms with E-state index in [2.05, 4.69) is 30.9 Å². The van der Waals surface area contributed by atoms with Crippen LogP contribution in [0.15, 0.2) is 18.2 Å². The molecule has 0 bridgehead atoms. The molecule has 100 valence electrons. The highest BCUT2D eigenvalue weighted by Gasteiger charge is 2.21. The van der Waals surface area contributed by atoms with Gasteiger partial charge in [0.15, 0.2) is 0 Å². The summed E-state index contributed by atoms with van der Waals surface area (Å²) >= 11 is 6.16. The van der Waals surface area contributed by atoms with Crippen molar-refractivity contribution < 1.29 is 0 Å². The Balaban J connectivity index is 2.31. The molecule has 0 radical (unpaired) electrons. The molecule has 0 amide bonds. The van der Waals surface area contributed by atoms with Gasteiger partial charge in [-0.25, -0.2) is 0 Å². The number of nitrogens with two attached hydrogens (primary N) is 1. The first-order chi connectivity index (χ1) is 8.58. The predicted octanol–water partition coefficient (Wildman–Crippen LogP) is 3.61. The Morgan fingerprint density at radius 2 is 2.22 bits per heavy atom. The number of hydrogen-bond donors (Lipinski definition) is 1. The van der Waals surface area contributed by atoms with Gasteiger partial charge in [-0.15, -0.1) is 0 Å². The SMILES string of the molecule is CC(N)Cc1ccc(Cl)cc1N1CCCCC1C. The molecule has 0 aromatic heterocycles. The van der Waals surface area contributed by atoms with E-state index in [1.54, 1.807) is 0 Å². The van der Waals surface area contributed by atoms with Gasteiger partial charge in [0.1, 0.15) is 0 Å². The molecule has 1 heterocycles. The Morgan fingerprint density at radius 3 is 2.89 bits per heavy atom. The largest absolute Gasteiger partial charge is 0.369 e. The third-order valence-corrected chi connectivity index (χ3v) is 3.94. The Kier molecular flexibility index (Phi) is 4.52. The average molecular weight is 267 g/mol. The maximum atomic E-state index is 6.16. The second-order valence-corrected chi connectivity index (χ2v) is 5.93. The van der Waals surface area contributed by atoms with Gasteiger partial charge in [-0.2, -0.15) is 0 Å². The first-order valence-electron chi connectivity index (χ1n) is 6.88. The summed E-state index contributed by atoms with van der Waals surface area (Å²) in [5.41, 5.74) is 8.55. The number of benzene rings is 1. The number of halogens is 1. The van der Waals surface area contributed by atoms with Crippen molar-refractivity contribution in [3.05, 3.63) is 28.8 Å². The van der Waals surface area contributed by atoms with Gasteiger partial charge in [0.25, 0.3) is 0 Å². The van der Waals surface area contributed by atoms with Crippen LogP contribution in [0, 0.1) is 0 Å².